The Morgan fingerprint density at radius 1 is 1.14 bits per heavy atom. The second kappa shape index (κ2) is 7.17. The maximum Gasteiger partial charge on any atom is 0.253 e. The summed E-state index contributed by atoms with van der Waals surface area (Å²) in [6.45, 7) is 6.17. The highest BCUT2D eigenvalue weighted by Crippen LogP contribution is 2.25. The Labute approximate surface area is 141 Å². The summed E-state index contributed by atoms with van der Waals surface area (Å²) in [5, 5.41) is 3.93. The van der Waals surface area contributed by atoms with Gasteiger partial charge in [0.05, 0.1) is 16.6 Å². The Morgan fingerprint density at radius 2 is 1.86 bits per heavy atom. The van der Waals surface area contributed by atoms with E-state index in [1.807, 2.05) is 6.92 Å². The van der Waals surface area contributed by atoms with Crippen molar-refractivity contribution in [2.45, 2.75) is 33.2 Å². The van der Waals surface area contributed by atoms with Crippen molar-refractivity contribution in [1.82, 2.24) is 5.32 Å². The minimum Gasteiger partial charge on any atom is -0.345 e. The number of rotatable bonds is 4. The van der Waals surface area contributed by atoms with Crippen LogP contribution in [-0.2, 0) is 0 Å². The highest BCUT2D eigenvalue weighted by molar-refractivity contribution is 6.36. The summed E-state index contributed by atoms with van der Waals surface area (Å²) in [6, 6.07) is 11.1. The number of hydrogen-bond donors (Lipinski definition) is 1. The fraction of sp³-hybridized carbons (Fsp3) is 0.278. The summed E-state index contributed by atoms with van der Waals surface area (Å²) in [5.41, 5.74) is 3.96. The van der Waals surface area contributed by atoms with Gasteiger partial charge in [-0.2, -0.15) is 0 Å². The van der Waals surface area contributed by atoms with E-state index in [0.717, 1.165) is 12.0 Å². The largest absolute Gasteiger partial charge is 0.345 e. The van der Waals surface area contributed by atoms with Crippen LogP contribution in [0, 0.1) is 13.8 Å². The molecule has 4 heteroatoms. The first-order valence-corrected chi connectivity index (χ1v) is 8.01. The van der Waals surface area contributed by atoms with Crippen molar-refractivity contribution in [3.05, 3.63) is 68.7 Å². The lowest BCUT2D eigenvalue weighted by molar-refractivity contribution is 0.0935. The van der Waals surface area contributed by atoms with E-state index in [0.29, 0.717) is 15.6 Å². The first-order chi connectivity index (χ1) is 10.4. The topological polar surface area (TPSA) is 29.1 Å². The van der Waals surface area contributed by atoms with Gasteiger partial charge >= 0.3 is 0 Å². The fourth-order valence-corrected chi connectivity index (χ4v) is 3.02. The molecule has 1 atom stereocenters. The Balaban J connectivity index is 2.24. The molecule has 0 aliphatic carbocycles. The molecule has 0 radical (unpaired) electrons. The summed E-state index contributed by atoms with van der Waals surface area (Å²) >= 11 is 12.0. The molecular formula is C18H19Cl2NO. The van der Waals surface area contributed by atoms with Gasteiger partial charge in [-0.1, -0.05) is 53.9 Å². The van der Waals surface area contributed by atoms with Crippen LogP contribution in [0.1, 0.15) is 46.4 Å². The summed E-state index contributed by atoms with van der Waals surface area (Å²) in [7, 11) is 0. The minimum atomic E-state index is -0.187. The van der Waals surface area contributed by atoms with Gasteiger partial charge in [0, 0.05) is 5.02 Å². The van der Waals surface area contributed by atoms with Crippen LogP contribution in [0.5, 0.6) is 0 Å². The van der Waals surface area contributed by atoms with E-state index in [1.165, 1.54) is 11.1 Å². The molecule has 0 saturated heterocycles. The van der Waals surface area contributed by atoms with E-state index >= 15 is 0 Å². The van der Waals surface area contributed by atoms with Crippen LogP contribution in [0.3, 0.4) is 0 Å². The van der Waals surface area contributed by atoms with Gasteiger partial charge in [-0.3, -0.25) is 4.79 Å². The van der Waals surface area contributed by atoms with E-state index in [9.17, 15) is 4.79 Å². The van der Waals surface area contributed by atoms with E-state index in [1.54, 1.807) is 18.2 Å². The molecule has 0 bridgehead atoms. The maximum atomic E-state index is 12.5. The lowest BCUT2D eigenvalue weighted by Crippen LogP contribution is -2.28. The van der Waals surface area contributed by atoms with Gasteiger partial charge in [-0.25, -0.2) is 0 Å². The number of carbonyl (C=O) groups is 1. The van der Waals surface area contributed by atoms with Gasteiger partial charge in [0.15, 0.2) is 0 Å². The molecule has 116 valence electrons. The standard InChI is InChI=1S/C18H19Cl2NO/c1-4-17(14-7-5-11(2)9-12(14)3)21-18(22)15-8-6-13(19)10-16(15)20/h5-10,17H,4H2,1-3H3,(H,21,22)/t17-/m1/s1. The molecule has 0 heterocycles. The SMILES string of the molecule is CC[C@@H](NC(=O)c1ccc(Cl)cc1Cl)c1ccc(C)cc1C. The zero-order valence-electron chi connectivity index (χ0n) is 12.9. The molecule has 0 spiro atoms. The van der Waals surface area contributed by atoms with Gasteiger partial charge in [-0.15, -0.1) is 0 Å². The maximum absolute atomic E-state index is 12.5. The van der Waals surface area contributed by atoms with Crippen molar-refractivity contribution < 1.29 is 4.79 Å². The molecular weight excluding hydrogens is 317 g/mol. The zero-order chi connectivity index (χ0) is 16.3. The van der Waals surface area contributed by atoms with Crippen LogP contribution >= 0.6 is 23.2 Å². The molecule has 0 aromatic heterocycles. The zero-order valence-corrected chi connectivity index (χ0v) is 14.4. The first kappa shape index (κ1) is 16.9. The van der Waals surface area contributed by atoms with Crippen LogP contribution in [0.15, 0.2) is 36.4 Å². The molecule has 0 aliphatic heterocycles. The van der Waals surface area contributed by atoms with Gasteiger partial charge in [0.25, 0.3) is 5.91 Å². The Bertz CT molecular complexity index is 697. The summed E-state index contributed by atoms with van der Waals surface area (Å²) < 4.78 is 0. The summed E-state index contributed by atoms with van der Waals surface area (Å²) in [4.78, 5) is 12.5. The van der Waals surface area contributed by atoms with E-state index in [4.69, 9.17) is 23.2 Å². The third-order valence-electron chi connectivity index (χ3n) is 3.69. The average Bonchev–Trinajstić information content (AvgIpc) is 2.45. The number of benzene rings is 2. The van der Waals surface area contributed by atoms with Crippen LogP contribution in [0.25, 0.3) is 0 Å². The molecule has 2 rings (SSSR count). The molecule has 22 heavy (non-hydrogen) atoms. The number of hydrogen-bond acceptors (Lipinski definition) is 1. The second-order valence-corrected chi connectivity index (χ2v) is 6.26. The van der Waals surface area contributed by atoms with Crippen LogP contribution in [-0.4, -0.2) is 5.91 Å². The molecule has 0 aliphatic rings. The second-order valence-electron chi connectivity index (χ2n) is 5.42. The third kappa shape index (κ3) is 3.82. The van der Waals surface area contributed by atoms with Crippen molar-refractivity contribution in [3.63, 3.8) is 0 Å². The van der Waals surface area contributed by atoms with Crippen molar-refractivity contribution in [2.24, 2.45) is 0 Å². The monoisotopic (exact) mass is 335 g/mol. The fourth-order valence-electron chi connectivity index (χ4n) is 2.53. The van der Waals surface area contributed by atoms with E-state index in [2.05, 4.69) is 37.4 Å². The number of amides is 1. The predicted octanol–water partition coefficient (Wildman–Crippen LogP) is 5.49. The van der Waals surface area contributed by atoms with Crippen LogP contribution < -0.4 is 5.32 Å². The molecule has 1 amide bonds. The Morgan fingerprint density at radius 3 is 2.45 bits per heavy atom. The summed E-state index contributed by atoms with van der Waals surface area (Å²) in [5.74, 6) is -0.187. The molecule has 2 nitrogen and oxygen atoms in total. The van der Waals surface area contributed by atoms with Crippen molar-refractivity contribution in [1.29, 1.82) is 0 Å². The average molecular weight is 336 g/mol. The normalized spacial score (nSPS) is 12.0. The van der Waals surface area contributed by atoms with Crippen LogP contribution in [0.4, 0.5) is 0 Å². The number of aryl methyl sites for hydroxylation is 2. The lowest BCUT2D eigenvalue weighted by atomic mass is 9.97. The molecule has 1 N–H and O–H groups in total. The summed E-state index contributed by atoms with van der Waals surface area (Å²) in [6.07, 6.45) is 0.806. The Kier molecular flexibility index (Phi) is 5.49. The van der Waals surface area contributed by atoms with E-state index < -0.39 is 0 Å². The van der Waals surface area contributed by atoms with Crippen molar-refractivity contribution in [3.8, 4) is 0 Å². The highest BCUT2D eigenvalue weighted by atomic mass is 35.5. The molecule has 0 fully saturated rings. The van der Waals surface area contributed by atoms with Crippen molar-refractivity contribution in [2.75, 3.05) is 0 Å². The van der Waals surface area contributed by atoms with Crippen LogP contribution in [0.2, 0.25) is 10.0 Å². The molecule has 0 saturated carbocycles. The quantitative estimate of drug-likeness (QED) is 0.786. The molecule has 0 unspecified atom stereocenters. The first-order valence-electron chi connectivity index (χ1n) is 7.25. The number of halogens is 2. The third-order valence-corrected chi connectivity index (χ3v) is 4.24. The number of carbonyl (C=O) groups excluding carboxylic acids is 1. The van der Waals surface area contributed by atoms with Gasteiger partial charge < -0.3 is 5.32 Å². The van der Waals surface area contributed by atoms with Gasteiger partial charge in [0.2, 0.25) is 0 Å². The Hall–Kier alpha value is -1.51. The van der Waals surface area contributed by atoms with Gasteiger partial charge in [-0.05, 0) is 49.6 Å². The number of nitrogens with one attached hydrogen (secondary N) is 1. The smallest absolute Gasteiger partial charge is 0.253 e. The lowest BCUT2D eigenvalue weighted by Gasteiger charge is -2.20. The minimum absolute atomic E-state index is 0.0418. The van der Waals surface area contributed by atoms with Gasteiger partial charge in [0.1, 0.15) is 0 Å². The predicted molar refractivity (Wildman–Crippen MR) is 92.9 cm³/mol. The highest BCUT2D eigenvalue weighted by Gasteiger charge is 2.17. The van der Waals surface area contributed by atoms with E-state index in [-0.39, 0.29) is 11.9 Å². The molecule has 2 aromatic carbocycles. The molecule has 2 aromatic rings. The van der Waals surface area contributed by atoms with Crippen molar-refractivity contribution >= 4 is 29.1 Å².